The maximum atomic E-state index is 11.8. The van der Waals surface area contributed by atoms with E-state index in [1.807, 2.05) is 34.2 Å². The highest BCUT2D eigenvalue weighted by Crippen LogP contribution is 2.13. The molecule has 0 bridgehead atoms. The standard InChI is InChI=1S/C12H10N4OS/c17-11(15-12-13-5-6-18-12)7-16-8-14-9-3-1-2-4-10(9)16/h1-6,8H,7H2,(H,13,15,17). The highest BCUT2D eigenvalue weighted by molar-refractivity contribution is 7.13. The second kappa shape index (κ2) is 4.58. The second-order valence-electron chi connectivity index (χ2n) is 3.75. The molecule has 3 aromatic rings. The van der Waals surface area contributed by atoms with Crippen LogP contribution >= 0.6 is 11.3 Å². The fraction of sp³-hybridized carbons (Fsp3) is 0.0833. The maximum absolute atomic E-state index is 11.8. The van der Waals surface area contributed by atoms with E-state index in [2.05, 4.69) is 15.3 Å². The molecule has 5 nitrogen and oxygen atoms in total. The summed E-state index contributed by atoms with van der Waals surface area (Å²) in [5, 5.41) is 5.18. The molecule has 0 radical (unpaired) electrons. The Bertz CT molecular complexity index is 674. The first kappa shape index (κ1) is 10.9. The van der Waals surface area contributed by atoms with Crippen molar-refractivity contribution >= 4 is 33.4 Å². The number of aromatic nitrogens is 3. The van der Waals surface area contributed by atoms with Crippen LogP contribution < -0.4 is 5.32 Å². The number of benzene rings is 1. The lowest BCUT2D eigenvalue weighted by Crippen LogP contribution is -2.18. The molecule has 1 aromatic carbocycles. The maximum Gasteiger partial charge on any atom is 0.246 e. The average Bonchev–Trinajstić information content (AvgIpc) is 3.00. The van der Waals surface area contributed by atoms with Gasteiger partial charge in [-0.3, -0.25) is 4.79 Å². The Morgan fingerprint density at radius 1 is 1.33 bits per heavy atom. The number of rotatable bonds is 3. The van der Waals surface area contributed by atoms with E-state index < -0.39 is 0 Å². The molecule has 0 saturated carbocycles. The molecule has 18 heavy (non-hydrogen) atoms. The SMILES string of the molecule is O=C(Cn1cnc2ccccc21)Nc1nccs1. The first-order valence-corrected chi connectivity index (χ1v) is 6.30. The number of hydrogen-bond donors (Lipinski definition) is 1. The summed E-state index contributed by atoms with van der Waals surface area (Å²) in [5.74, 6) is -0.104. The van der Waals surface area contributed by atoms with Gasteiger partial charge in [-0.25, -0.2) is 9.97 Å². The topological polar surface area (TPSA) is 59.8 Å². The van der Waals surface area contributed by atoms with Crippen LogP contribution in [-0.2, 0) is 11.3 Å². The zero-order valence-electron chi connectivity index (χ0n) is 9.41. The van der Waals surface area contributed by atoms with E-state index in [-0.39, 0.29) is 12.5 Å². The number of hydrogen-bond acceptors (Lipinski definition) is 4. The molecule has 2 aromatic heterocycles. The molecule has 6 heteroatoms. The Morgan fingerprint density at radius 2 is 2.22 bits per heavy atom. The Balaban J connectivity index is 1.78. The lowest BCUT2D eigenvalue weighted by Gasteiger charge is -2.03. The van der Waals surface area contributed by atoms with E-state index in [1.165, 1.54) is 11.3 Å². The monoisotopic (exact) mass is 258 g/mol. The average molecular weight is 258 g/mol. The summed E-state index contributed by atoms with van der Waals surface area (Å²) in [6.45, 7) is 0.236. The highest BCUT2D eigenvalue weighted by atomic mass is 32.1. The summed E-state index contributed by atoms with van der Waals surface area (Å²) in [4.78, 5) is 20.1. The zero-order valence-corrected chi connectivity index (χ0v) is 10.2. The molecular weight excluding hydrogens is 248 g/mol. The molecule has 0 aliphatic rings. The smallest absolute Gasteiger partial charge is 0.246 e. The normalized spacial score (nSPS) is 10.7. The summed E-state index contributed by atoms with van der Waals surface area (Å²) in [6, 6.07) is 7.72. The van der Waals surface area contributed by atoms with Gasteiger partial charge in [-0.2, -0.15) is 0 Å². The van der Waals surface area contributed by atoms with Gasteiger partial charge >= 0.3 is 0 Å². The number of anilines is 1. The Hall–Kier alpha value is -2.21. The van der Waals surface area contributed by atoms with Crippen LogP contribution in [0, 0.1) is 0 Å². The van der Waals surface area contributed by atoms with Crippen LogP contribution in [-0.4, -0.2) is 20.4 Å². The number of carbonyl (C=O) groups excluding carboxylic acids is 1. The molecule has 3 rings (SSSR count). The molecule has 0 saturated heterocycles. The molecule has 0 unspecified atom stereocenters. The van der Waals surface area contributed by atoms with Gasteiger partial charge in [0.15, 0.2) is 5.13 Å². The minimum absolute atomic E-state index is 0.104. The second-order valence-corrected chi connectivity index (χ2v) is 4.64. The van der Waals surface area contributed by atoms with Gasteiger partial charge in [0, 0.05) is 11.6 Å². The summed E-state index contributed by atoms with van der Waals surface area (Å²) in [7, 11) is 0. The summed E-state index contributed by atoms with van der Waals surface area (Å²) in [5.41, 5.74) is 1.84. The van der Waals surface area contributed by atoms with E-state index in [9.17, 15) is 4.79 Å². The van der Waals surface area contributed by atoms with E-state index in [4.69, 9.17) is 0 Å². The minimum atomic E-state index is -0.104. The van der Waals surface area contributed by atoms with Gasteiger partial charge in [0.1, 0.15) is 6.54 Å². The predicted octanol–water partition coefficient (Wildman–Crippen LogP) is 2.13. The molecule has 0 atom stereocenters. The third-order valence-electron chi connectivity index (χ3n) is 2.52. The Morgan fingerprint density at radius 3 is 3.06 bits per heavy atom. The summed E-state index contributed by atoms with van der Waals surface area (Å²) in [6.07, 6.45) is 3.33. The number of nitrogens with one attached hydrogen (secondary N) is 1. The van der Waals surface area contributed by atoms with Crippen molar-refractivity contribution in [1.82, 2.24) is 14.5 Å². The fourth-order valence-electron chi connectivity index (χ4n) is 1.73. The van der Waals surface area contributed by atoms with Crippen molar-refractivity contribution in [1.29, 1.82) is 0 Å². The molecule has 90 valence electrons. The summed E-state index contributed by atoms with van der Waals surface area (Å²) < 4.78 is 1.82. The summed E-state index contributed by atoms with van der Waals surface area (Å²) >= 11 is 1.40. The largest absolute Gasteiger partial charge is 0.321 e. The molecule has 0 aliphatic carbocycles. The van der Waals surface area contributed by atoms with Crippen LogP contribution in [0.5, 0.6) is 0 Å². The number of imidazole rings is 1. The number of thiazole rings is 1. The number of amides is 1. The van der Waals surface area contributed by atoms with Gasteiger partial charge in [0.25, 0.3) is 0 Å². The molecule has 1 N–H and O–H groups in total. The van der Waals surface area contributed by atoms with E-state index >= 15 is 0 Å². The first-order chi connectivity index (χ1) is 8.83. The number of fused-ring (bicyclic) bond motifs is 1. The Kier molecular flexibility index (Phi) is 2.77. The molecule has 1 amide bonds. The minimum Gasteiger partial charge on any atom is -0.321 e. The first-order valence-electron chi connectivity index (χ1n) is 5.42. The van der Waals surface area contributed by atoms with Crippen molar-refractivity contribution in [2.24, 2.45) is 0 Å². The lowest BCUT2D eigenvalue weighted by atomic mass is 10.3. The van der Waals surface area contributed by atoms with Crippen LogP contribution in [0.1, 0.15) is 0 Å². The molecule has 0 aliphatic heterocycles. The van der Waals surface area contributed by atoms with Crippen molar-refractivity contribution < 1.29 is 4.79 Å². The van der Waals surface area contributed by atoms with E-state index in [0.717, 1.165) is 11.0 Å². The van der Waals surface area contributed by atoms with Gasteiger partial charge in [0.05, 0.1) is 17.4 Å². The molecule has 0 spiro atoms. The van der Waals surface area contributed by atoms with Crippen molar-refractivity contribution in [3.05, 3.63) is 42.2 Å². The van der Waals surface area contributed by atoms with Crippen molar-refractivity contribution in [3.8, 4) is 0 Å². The molecular formula is C12H10N4OS. The third kappa shape index (κ3) is 2.10. The third-order valence-corrected chi connectivity index (χ3v) is 3.21. The Labute approximate surface area is 107 Å². The van der Waals surface area contributed by atoms with Crippen molar-refractivity contribution in [2.75, 3.05) is 5.32 Å². The van der Waals surface area contributed by atoms with Gasteiger partial charge in [-0.15, -0.1) is 11.3 Å². The van der Waals surface area contributed by atoms with Crippen LogP contribution in [0.25, 0.3) is 11.0 Å². The van der Waals surface area contributed by atoms with Gasteiger partial charge in [-0.05, 0) is 12.1 Å². The zero-order chi connectivity index (χ0) is 12.4. The predicted molar refractivity (Wildman–Crippen MR) is 70.5 cm³/mol. The number of carbonyl (C=O) groups is 1. The highest BCUT2D eigenvalue weighted by Gasteiger charge is 2.07. The molecule has 0 fully saturated rings. The molecule has 2 heterocycles. The van der Waals surface area contributed by atoms with E-state index in [0.29, 0.717) is 5.13 Å². The fourth-order valence-corrected chi connectivity index (χ4v) is 2.28. The van der Waals surface area contributed by atoms with Gasteiger partial charge in [0.2, 0.25) is 5.91 Å². The lowest BCUT2D eigenvalue weighted by molar-refractivity contribution is -0.116. The number of para-hydroxylation sites is 2. The van der Waals surface area contributed by atoms with Crippen LogP contribution in [0.3, 0.4) is 0 Å². The van der Waals surface area contributed by atoms with Gasteiger partial charge < -0.3 is 9.88 Å². The van der Waals surface area contributed by atoms with Crippen LogP contribution in [0.15, 0.2) is 42.2 Å². The van der Waals surface area contributed by atoms with Crippen molar-refractivity contribution in [3.63, 3.8) is 0 Å². The van der Waals surface area contributed by atoms with Crippen LogP contribution in [0.4, 0.5) is 5.13 Å². The van der Waals surface area contributed by atoms with E-state index in [1.54, 1.807) is 12.5 Å². The van der Waals surface area contributed by atoms with Crippen molar-refractivity contribution in [2.45, 2.75) is 6.54 Å². The van der Waals surface area contributed by atoms with Gasteiger partial charge in [-0.1, -0.05) is 12.1 Å². The van der Waals surface area contributed by atoms with Crippen LogP contribution in [0.2, 0.25) is 0 Å². The number of nitrogens with zero attached hydrogens (tertiary/aromatic N) is 3. The quantitative estimate of drug-likeness (QED) is 0.783.